The standard InChI is InChI=1S/C15H24ClNO3/c1-3-15(4-2,11-18)17-9-13(19)10-20-14-7-5-6-12(16)8-14/h5-8,13,17-19H,3-4,9-11H2,1-2H3. The van der Waals surface area contributed by atoms with Gasteiger partial charge in [-0.2, -0.15) is 0 Å². The van der Waals surface area contributed by atoms with Crippen molar-refractivity contribution in [2.75, 3.05) is 19.8 Å². The summed E-state index contributed by atoms with van der Waals surface area (Å²) in [7, 11) is 0. The molecule has 0 aliphatic rings. The van der Waals surface area contributed by atoms with Crippen LogP contribution in [0.3, 0.4) is 0 Å². The molecule has 0 aliphatic carbocycles. The Labute approximate surface area is 125 Å². The Balaban J connectivity index is 2.38. The van der Waals surface area contributed by atoms with E-state index in [1.54, 1.807) is 24.3 Å². The zero-order valence-electron chi connectivity index (χ0n) is 12.1. The van der Waals surface area contributed by atoms with Gasteiger partial charge in [0.1, 0.15) is 18.5 Å². The Morgan fingerprint density at radius 3 is 2.60 bits per heavy atom. The lowest BCUT2D eigenvalue weighted by atomic mass is 9.94. The van der Waals surface area contributed by atoms with Crippen LogP contribution in [0.25, 0.3) is 0 Å². The van der Waals surface area contributed by atoms with Crippen LogP contribution in [0.5, 0.6) is 5.75 Å². The Hall–Kier alpha value is -0.810. The molecule has 1 rings (SSSR count). The van der Waals surface area contributed by atoms with Crippen LogP contribution in [-0.2, 0) is 0 Å². The molecule has 4 nitrogen and oxygen atoms in total. The van der Waals surface area contributed by atoms with Crippen molar-refractivity contribution >= 4 is 11.6 Å². The molecule has 0 bridgehead atoms. The van der Waals surface area contributed by atoms with Gasteiger partial charge in [0.25, 0.3) is 0 Å². The minimum atomic E-state index is -0.641. The molecular weight excluding hydrogens is 278 g/mol. The van der Waals surface area contributed by atoms with Crippen molar-refractivity contribution in [2.45, 2.75) is 38.3 Å². The molecular formula is C15H24ClNO3. The van der Waals surface area contributed by atoms with Crippen molar-refractivity contribution in [3.8, 4) is 5.75 Å². The maximum atomic E-state index is 9.93. The van der Waals surface area contributed by atoms with Crippen molar-refractivity contribution < 1.29 is 14.9 Å². The van der Waals surface area contributed by atoms with Crippen LogP contribution < -0.4 is 10.1 Å². The first-order chi connectivity index (χ1) is 9.55. The lowest BCUT2D eigenvalue weighted by Gasteiger charge is -2.32. The number of β-amino-alcohol motifs (C(OH)–C–C–N with tert-alkyl or cyclic N) is 1. The number of benzene rings is 1. The maximum Gasteiger partial charge on any atom is 0.120 e. The second-order valence-electron chi connectivity index (χ2n) is 4.95. The summed E-state index contributed by atoms with van der Waals surface area (Å²) in [6.45, 7) is 4.65. The second kappa shape index (κ2) is 8.47. The molecule has 0 radical (unpaired) electrons. The van der Waals surface area contributed by atoms with Gasteiger partial charge in [0, 0.05) is 17.1 Å². The van der Waals surface area contributed by atoms with E-state index in [1.807, 2.05) is 13.8 Å². The van der Waals surface area contributed by atoms with E-state index in [4.69, 9.17) is 16.3 Å². The monoisotopic (exact) mass is 301 g/mol. The van der Waals surface area contributed by atoms with Gasteiger partial charge in [-0.15, -0.1) is 0 Å². The molecule has 114 valence electrons. The van der Waals surface area contributed by atoms with Crippen molar-refractivity contribution in [3.63, 3.8) is 0 Å². The average Bonchev–Trinajstić information content (AvgIpc) is 2.47. The molecule has 0 amide bonds. The van der Waals surface area contributed by atoms with Crippen LogP contribution in [0.2, 0.25) is 5.02 Å². The Morgan fingerprint density at radius 2 is 2.05 bits per heavy atom. The molecule has 1 unspecified atom stereocenters. The quantitative estimate of drug-likeness (QED) is 0.654. The van der Waals surface area contributed by atoms with E-state index < -0.39 is 6.10 Å². The van der Waals surface area contributed by atoms with Crippen molar-refractivity contribution in [1.82, 2.24) is 5.32 Å². The van der Waals surface area contributed by atoms with Gasteiger partial charge in [-0.05, 0) is 31.0 Å². The largest absolute Gasteiger partial charge is 0.491 e. The minimum Gasteiger partial charge on any atom is -0.491 e. The van der Waals surface area contributed by atoms with Gasteiger partial charge in [0.2, 0.25) is 0 Å². The molecule has 1 aromatic carbocycles. The van der Waals surface area contributed by atoms with Gasteiger partial charge in [-0.1, -0.05) is 31.5 Å². The number of hydrogen-bond donors (Lipinski definition) is 3. The Bertz CT molecular complexity index is 388. The molecule has 0 fully saturated rings. The number of nitrogens with one attached hydrogen (secondary N) is 1. The first kappa shape index (κ1) is 17.2. The first-order valence-electron chi connectivity index (χ1n) is 6.97. The van der Waals surface area contributed by atoms with E-state index in [-0.39, 0.29) is 18.8 Å². The number of rotatable bonds is 9. The highest BCUT2D eigenvalue weighted by Gasteiger charge is 2.25. The van der Waals surface area contributed by atoms with E-state index in [1.165, 1.54) is 0 Å². The van der Waals surface area contributed by atoms with Crippen molar-refractivity contribution in [3.05, 3.63) is 29.3 Å². The summed E-state index contributed by atoms with van der Waals surface area (Å²) in [6.07, 6.45) is 0.974. The van der Waals surface area contributed by atoms with E-state index in [2.05, 4.69) is 5.32 Å². The van der Waals surface area contributed by atoms with Crippen molar-refractivity contribution in [1.29, 1.82) is 0 Å². The fourth-order valence-corrected chi connectivity index (χ4v) is 2.10. The molecule has 3 N–H and O–H groups in total. The van der Waals surface area contributed by atoms with Crippen LogP contribution in [0.1, 0.15) is 26.7 Å². The van der Waals surface area contributed by atoms with Gasteiger partial charge in [-0.3, -0.25) is 0 Å². The predicted octanol–water partition coefficient (Wildman–Crippen LogP) is 2.22. The van der Waals surface area contributed by atoms with E-state index in [0.29, 0.717) is 17.3 Å². The highest BCUT2D eigenvalue weighted by molar-refractivity contribution is 6.30. The molecule has 0 saturated heterocycles. The number of hydrogen-bond acceptors (Lipinski definition) is 4. The van der Waals surface area contributed by atoms with E-state index in [0.717, 1.165) is 12.8 Å². The molecule has 5 heteroatoms. The van der Waals surface area contributed by atoms with Crippen molar-refractivity contribution in [2.24, 2.45) is 0 Å². The van der Waals surface area contributed by atoms with Crippen LogP contribution in [0, 0.1) is 0 Å². The molecule has 0 spiro atoms. The fraction of sp³-hybridized carbons (Fsp3) is 0.600. The molecule has 20 heavy (non-hydrogen) atoms. The zero-order valence-corrected chi connectivity index (χ0v) is 12.9. The smallest absolute Gasteiger partial charge is 0.120 e. The molecule has 1 atom stereocenters. The molecule has 0 saturated carbocycles. The predicted molar refractivity (Wildman–Crippen MR) is 81.4 cm³/mol. The Morgan fingerprint density at radius 1 is 1.35 bits per heavy atom. The van der Waals surface area contributed by atoms with Gasteiger partial charge < -0.3 is 20.3 Å². The summed E-state index contributed by atoms with van der Waals surface area (Å²) in [5.41, 5.74) is -0.322. The zero-order chi connectivity index (χ0) is 15.0. The lowest BCUT2D eigenvalue weighted by molar-refractivity contribution is 0.0813. The summed E-state index contributed by atoms with van der Waals surface area (Å²) in [5.74, 6) is 0.635. The molecule has 1 aromatic rings. The third kappa shape index (κ3) is 5.29. The number of aliphatic hydroxyl groups excluding tert-OH is 2. The summed E-state index contributed by atoms with van der Waals surface area (Å²) >= 11 is 5.85. The van der Waals surface area contributed by atoms with Crippen LogP contribution in [-0.4, -0.2) is 41.6 Å². The molecule has 0 heterocycles. The fourth-order valence-electron chi connectivity index (χ4n) is 1.92. The Kier molecular flexibility index (Phi) is 7.30. The SMILES string of the molecule is CCC(CC)(CO)NCC(O)COc1cccc(Cl)c1. The average molecular weight is 302 g/mol. The normalized spacial score (nSPS) is 13.2. The summed E-state index contributed by atoms with van der Waals surface area (Å²) in [5, 5.41) is 23.2. The second-order valence-corrected chi connectivity index (χ2v) is 5.39. The number of ether oxygens (including phenoxy) is 1. The molecule has 0 aromatic heterocycles. The van der Waals surface area contributed by atoms with Gasteiger partial charge in [-0.25, -0.2) is 0 Å². The highest BCUT2D eigenvalue weighted by atomic mass is 35.5. The van der Waals surface area contributed by atoms with Crippen LogP contribution in [0.15, 0.2) is 24.3 Å². The number of aliphatic hydroxyl groups is 2. The number of halogens is 1. The topological polar surface area (TPSA) is 61.7 Å². The van der Waals surface area contributed by atoms with Gasteiger partial charge >= 0.3 is 0 Å². The van der Waals surface area contributed by atoms with E-state index >= 15 is 0 Å². The van der Waals surface area contributed by atoms with Gasteiger partial charge in [0.15, 0.2) is 0 Å². The summed E-state index contributed by atoms with van der Waals surface area (Å²) in [6, 6.07) is 7.07. The third-order valence-corrected chi connectivity index (χ3v) is 3.84. The summed E-state index contributed by atoms with van der Waals surface area (Å²) < 4.78 is 5.48. The third-order valence-electron chi connectivity index (χ3n) is 3.61. The lowest BCUT2D eigenvalue weighted by Crippen LogP contribution is -2.50. The maximum absolute atomic E-state index is 9.93. The van der Waals surface area contributed by atoms with Gasteiger partial charge in [0.05, 0.1) is 6.61 Å². The van der Waals surface area contributed by atoms with Crippen LogP contribution >= 0.6 is 11.6 Å². The molecule has 0 aliphatic heterocycles. The summed E-state index contributed by atoms with van der Waals surface area (Å²) in [4.78, 5) is 0. The van der Waals surface area contributed by atoms with Crippen LogP contribution in [0.4, 0.5) is 0 Å². The van der Waals surface area contributed by atoms with E-state index in [9.17, 15) is 10.2 Å². The highest BCUT2D eigenvalue weighted by Crippen LogP contribution is 2.17. The minimum absolute atomic E-state index is 0.0574. The first-order valence-corrected chi connectivity index (χ1v) is 7.35.